The Morgan fingerprint density at radius 1 is 1.12 bits per heavy atom. The molecule has 2 aromatic heterocycles. The summed E-state index contributed by atoms with van der Waals surface area (Å²) in [5.41, 5.74) is 1.34. The number of carbonyl (C=O) groups excluding carboxylic acids is 1. The fourth-order valence-electron chi connectivity index (χ4n) is 3.28. The van der Waals surface area contributed by atoms with E-state index in [4.69, 9.17) is 9.47 Å². The molecular weight excluding hydrogens is 436 g/mol. The molecule has 2 aromatic carbocycles. The molecule has 0 N–H and O–H groups in total. The number of hydrogen-bond acceptors (Lipinski definition) is 8. The molecule has 0 radical (unpaired) electrons. The van der Waals surface area contributed by atoms with E-state index in [1.807, 2.05) is 39.8 Å². The third kappa shape index (κ3) is 4.42. The van der Waals surface area contributed by atoms with Crippen LogP contribution in [-0.2, 0) is 5.41 Å². The average Bonchev–Trinajstić information content (AvgIpc) is 3.27. The molecule has 10 heteroatoms. The normalized spacial score (nSPS) is 11.8. The van der Waals surface area contributed by atoms with E-state index in [0.29, 0.717) is 22.6 Å². The van der Waals surface area contributed by atoms with Crippen LogP contribution in [-0.4, -0.2) is 43.8 Å². The lowest BCUT2D eigenvalue weighted by atomic mass is 9.93. The van der Waals surface area contributed by atoms with Gasteiger partial charge in [-0.15, -0.1) is 10.2 Å². The van der Waals surface area contributed by atoms with Crippen molar-refractivity contribution in [1.82, 2.24) is 24.5 Å². The highest BCUT2D eigenvalue weighted by Gasteiger charge is 2.24. The minimum absolute atomic E-state index is 0.185. The predicted octanol–water partition coefficient (Wildman–Crippen LogP) is 3.00. The van der Waals surface area contributed by atoms with Crippen molar-refractivity contribution in [3.8, 4) is 11.5 Å². The van der Waals surface area contributed by atoms with Crippen LogP contribution in [0.15, 0.2) is 58.7 Å². The van der Waals surface area contributed by atoms with Crippen molar-refractivity contribution in [3.63, 3.8) is 0 Å². The third-order valence-corrected chi connectivity index (χ3v) is 5.09. The van der Waals surface area contributed by atoms with E-state index in [9.17, 15) is 9.59 Å². The fraction of sp³-hybridized carbons (Fsp3) is 0.250. The smallest absolute Gasteiger partial charge is 0.343 e. The monoisotopic (exact) mass is 460 g/mol. The van der Waals surface area contributed by atoms with Crippen LogP contribution >= 0.6 is 0 Å². The van der Waals surface area contributed by atoms with E-state index in [2.05, 4.69) is 20.4 Å². The van der Waals surface area contributed by atoms with Crippen LogP contribution in [0.3, 0.4) is 0 Å². The summed E-state index contributed by atoms with van der Waals surface area (Å²) in [7, 11) is 1.48. The Hall–Kier alpha value is -4.34. The summed E-state index contributed by atoms with van der Waals surface area (Å²) in [5.74, 6) is 0.315. The van der Waals surface area contributed by atoms with Crippen molar-refractivity contribution in [2.24, 2.45) is 5.10 Å². The topological polar surface area (TPSA) is 113 Å². The molecule has 0 unspecified atom stereocenters. The molecule has 4 rings (SSSR count). The lowest BCUT2D eigenvalue weighted by molar-refractivity contribution is 0.0729. The second-order valence-electron chi connectivity index (χ2n) is 8.65. The van der Waals surface area contributed by atoms with Crippen molar-refractivity contribution in [3.05, 3.63) is 81.5 Å². The standard InChI is InChI=1S/C24H24N6O4/c1-15-8-6-7-9-17(15)22(32)34-18-11-10-16(12-19(18)33-5)13-26-30-21(31)20(24(2,3)4)28-29-14-25-27-23(29)30/h6-14H,1-5H3. The van der Waals surface area contributed by atoms with Crippen LogP contribution in [0.4, 0.5) is 0 Å². The van der Waals surface area contributed by atoms with Crippen molar-refractivity contribution in [2.45, 2.75) is 33.1 Å². The predicted molar refractivity (Wildman–Crippen MR) is 126 cm³/mol. The number of rotatable bonds is 5. The summed E-state index contributed by atoms with van der Waals surface area (Å²) in [6.07, 6.45) is 2.90. The number of ether oxygens (including phenoxy) is 2. The van der Waals surface area contributed by atoms with Crippen molar-refractivity contribution in [2.75, 3.05) is 7.11 Å². The molecule has 0 fully saturated rings. The second-order valence-corrected chi connectivity index (χ2v) is 8.65. The number of fused-ring (bicyclic) bond motifs is 1. The maximum atomic E-state index is 13.0. The van der Waals surface area contributed by atoms with E-state index in [-0.39, 0.29) is 17.1 Å². The van der Waals surface area contributed by atoms with Gasteiger partial charge in [0.25, 0.3) is 11.3 Å². The zero-order valence-electron chi connectivity index (χ0n) is 19.5. The second kappa shape index (κ2) is 8.89. The first-order valence-corrected chi connectivity index (χ1v) is 10.5. The van der Waals surface area contributed by atoms with Crippen molar-refractivity contribution in [1.29, 1.82) is 0 Å². The lowest BCUT2D eigenvalue weighted by Crippen LogP contribution is -2.33. The van der Waals surface area contributed by atoms with Gasteiger partial charge in [0, 0.05) is 5.41 Å². The highest BCUT2D eigenvalue weighted by Crippen LogP contribution is 2.28. The summed E-state index contributed by atoms with van der Waals surface area (Å²) < 4.78 is 13.5. The van der Waals surface area contributed by atoms with Gasteiger partial charge >= 0.3 is 5.97 Å². The molecular formula is C24H24N6O4. The molecule has 0 spiro atoms. The number of benzene rings is 2. The largest absolute Gasteiger partial charge is 0.493 e. The Labute approximate surface area is 195 Å². The number of aryl methyl sites for hydroxylation is 1. The Morgan fingerprint density at radius 3 is 2.59 bits per heavy atom. The van der Waals surface area contributed by atoms with Gasteiger partial charge in [-0.05, 0) is 42.3 Å². The van der Waals surface area contributed by atoms with Gasteiger partial charge in [-0.2, -0.15) is 19.4 Å². The number of hydrogen-bond donors (Lipinski definition) is 0. The first-order chi connectivity index (χ1) is 16.2. The Kier molecular flexibility index (Phi) is 5.97. The molecule has 0 aliphatic rings. The van der Waals surface area contributed by atoms with Crippen LogP contribution in [0.1, 0.15) is 48.0 Å². The van der Waals surface area contributed by atoms with Crippen molar-refractivity contribution < 1.29 is 14.3 Å². The van der Waals surface area contributed by atoms with Crippen LogP contribution < -0.4 is 15.0 Å². The minimum atomic E-state index is -0.501. The molecule has 0 saturated heterocycles. The average molecular weight is 460 g/mol. The fourth-order valence-corrected chi connectivity index (χ4v) is 3.28. The molecule has 2 heterocycles. The summed E-state index contributed by atoms with van der Waals surface area (Å²) >= 11 is 0. The summed E-state index contributed by atoms with van der Waals surface area (Å²) in [6, 6.07) is 12.1. The van der Waals surface area contributed by atoms with E-state index in [0.717, 1.165) is 10.2 Å². The Balaban J connectivity index is 1.66. The van der Waals surface area contributed by atoms with E-state index in [1.165, 1.54) is 24.2 Å². The molecule has 0 aliphatic carbocycles. The maximum absolute atomic E-state index is 13.0. The first kappa shape index (κ1) is 22.8. The molecule has 0 saturated carbocycles. The van der Waals surface area contributed by atoms with Gasteiger partial charge in [0.1, 0.15) is 12.0 Å². The van der Waals surface area contributed by atoms with Crippen LogP contribution in [0, 0.1) is 6.92 Å². The molecule has 174 valence electrons. The molecule has 4 aromatic rings. The number of esters is 1. The molecule has 0 aliphatic heterocycles. The quantitative estimate of drug-likeness (QED) is 0.256. The Morgan fingerprint density at radius 2 is 1.88 bits per heavy atom. The zero-order valence-corrected chi connectivity index (χ0v) is 19.5. The van der Waals surface area contributed by atoms with Gasteiger partial charge in [-0.25, -0.2) is 4.79 Å². The van der Waals surface area contributed by atoms with Crippen LogP contribution in [0.25, 0.3) is 5.78 Å². The number of carbonyl (C=O) groups is 1. The highest BCUT2D eigenvalue weighted by atomic mass is 16.6. The number of nitrogens with zero attached hydrogens (tertiary/aromatic N) is 6. The van der Waals surface area contributed by atoms with Gasteiger partial charge in [-0.3, -0.25) is 4.79 Å². The number of aromatic nitrogens is 5. The van der Waals surface area contributed by atoms with E-state index in [1.54, 1.807) is 30.3 Å². The number of methoxy groups -OCH3 is 1. The van der Waals surface area contributed by atoms with Gasteiger partial charge in [0.15, 0.2) is 11.5 Å². The molecule has 0 bridgehead atoms. The SMILES string of the molecule is COc1cc(C=Nn2c(=O)c(C(C)(C)C)nn3cnnc23)ccc1OC(=O)c1ccccc1C. The molecule has 10 nitrogen and oxygen atoms in total. The molecule has 34 heavy (non-hydrogen) atoms. The van der Waals surface area contributed by atoms with Gasteiger partial charge < -0.3 is 9.47 Å². The van der Waals surface area contributed by atoms with Crippen molar-refractivity contribution >= 4 is 18.0 Å². The maximum Gasteiger partial charge on any atom is 0.343 e. The molecule has 0 atom stereocenters. The molecule has 0 amide bonds. The zero-order chi connectivity index (χ0) is 24.5. The summed E-state index contributed by atoms with van der Waals surface area (Å²) in [6.45, 7) is 7.51. The first-order valence-electron chi connectivity index (χ1n) is 10.5. The van der Waals surface area contributed by atoms with E-state index >= 15 is 0 Å². The lowest BCUT2D eigenvalue weighted by Gasteiger charge is -2.16. The Bertz CT molecular complexity index is 1460. The van der Waals surface area contributed by atoms with Gasteiger partial charge in [0.05, 0.1) is 18.9 Å². The minimum Gasteiger partial charge on any atom is -0.493 e. The van der Waals surface area contributed by atoms with Gasteiger partial charge in [-0.1, -0.05) is 39.0 Å². The van der Waals surface area contributed by atoms with Crippen LogP contribution in [0.2, 0.25) is 0 Å². The third-order valence-electron chi connectivity index (χ3n) is 5.09. The highest BCUT2D eigenvalue weighted by molar-refractivity contribution is 5.93. The van der Waals surface area contributed by atoms with E-state index < -0.39 is 11.4 Å². The van der Waals surface area contributed by atoms with Gasteiger partial charge in [0.2, 0.25) is 0 Å². The van der Waals surface area contributed by atoms with Crippen LogP contribution in [0.5, 0.6) is 11.5 Å². The summed E-state index contributed by atoms with van der Waals surface area (Å²) in [5, 5.41) is 16.4. The summed E-state index contributed by atoms with van der Waals surface area (Å²) in [4.78, 5) is 25.6.